The maximum Gasteiger partial charge on any atom is 0.273 e. The Morgan fingerprint density at radius 3 is 2.57 bits per heavy atom. The van der Waals surface area contributed by atoms with E-state index in [4.69, 9.17) is 16.3 Å². The summed E-state index contributed by atoms with van der Waals surface area (Å²) in [6.45, 7) is 5.57. The van der Waals surface area contributed by atoms with Gasteiger partial charge < -0.3 is 21.7 Å². The van der Waals surface area contributed by atoms with Crippen LogP contribution in [0.5, 0.6) is 0 Å². The van der Waals surface area contributed by atoms with Gasteiger partial charge in [-0.15, -0.1) is 0 Å². The highest BCUT2D eigenvalue weighted by Gasteiger charge is 2.24. The van der Waals surface area contributed by atoms with Gasteiger partial charge in [0, 0.05) is 61.5 Å². The number of nitrogens with zero attached hydrogens (tertiary/aromatic N) is 3. The number of hydroxylamine groups is 2. The number of nitrogens with two attached hydrogens (primary N) is 2. The predicted molar refractivity (Wildman–Crippen MR) is 137 cm³/mol. The van der Waals surface area contributed by atoms with Gasteiger partial charge in [-0.2, -0.15) is 0 Å². The molecule has 2 aromatic carbocycles. The van der Waals surface area contributed by atoms with Crippen molar-refractivity contribution in [1.29, 1.82) is 0 Å². The summed E-state index contributed by atoms with van der Waals surface area (Å²) in [5.74, 6) is 0.0251. The summed E-state index contributed by atoms with van der Waals surface area (Å²) >= 11 is 0. The first-order valence-electron chi connectivity index (χ1n) is 11.9. The van der Waals surface area contributed by atoms with Crippen molar-refractivity contribution in [3.05, 3.63) is 64.7 Å². The van der Waals surface area contributed by atoms with Gasteiger partial charge in [0.2, 0.25) is 0 Å². The topological polar surface area (TPSA) is 126 Å². The molecule has 1 fully saturated rings. The molecule has 0 bridgehead atoms. The number of aliphatic imine (C=N–C) groups is 1. The fraction of sp³-hybridized carbons (Fsp3) is 0.346. The Kier molecular flexibility index (Phi) is 7.79. The van der Waals surface area contributed by atoms with E-state index in [0.717, 1.165) is 30.6 Å². The van der Waals surface area contributed by atoms with Crippen molar-refractivity contribution >= 4 is 35.1 Å². The van der Waals surface area contributed by atoms with E-state index in [0.29, 0.717) is 48.0 Å². The van der Waals surface area contributed by atoms with Gasteiger partial charge in [-0.1, -0.05) is 25.1 Å². The van der Waals surface area contributed by atoms with E-state index in [1.165, 1.54) is 5.06 Å². The lowest BCUT2D eigenvalue weighted by Crippen LogP contribution is -2.46. The number of carbonyl (C=O) groups excluding carboxylic acids is 2. The Hall–Kier alpha value is -3.69. The molecule has 2 aliphatic rings. The molecule has 0 atom stereocenters. The number of carbonyl (C=O) groups is 2. The smallest absolute Gasteiger partial charge is 0.273 e. The molecule has 5 N–H and O–H groups in total. The molecule has 9 heteroatoms. The number of benzene rings is 2. The number of nitrogen functional groups attached to an aromatic ring is 1. The molecule has 0 spiro atoms. The van der Waals surface area contributed by atoms with E-state index in [1.807, 2.05) is 30.0 Å². The number of nitrogens with one attached hydrogen (secondary N) is 1. The summed E-state index contributed by atoms with van der Waals surface area (Å²) in [6, 6.07) is 12.7. The van der Waals surface area contributed by atoms with Gasteiger partial charge in [0.15, 0.2) is 0 Å². The number of piperazine rings is 1. The third-order valence-corrected chi connectivity index (χ3v) is 5.94. The molecule has 1 saturated heterocycles. The third kappa shape index (κ3) is 6.06. The average molecular weight is 477 g/mol. The van der Waals surface area contributed by atoms with Crippen LogP contribution in [0.15, 0.2) is 53.0 Å². The van der Waals surface area contributed by atoms with Crippen molar-refractivity contribution in [2.24, 2.45) is 10.7 Å². The summed E-state index contributed by atoms with van der Waals surface area (Å²) in [4.78, 5) is 38.5. The Labute approximate surface area is 205 Å². The van der Waals surface area contributed by atoms with Crippen LogP contribution in [0.2, 0.25) is 0 Å². The summed E-state index contributed by atoms with van der Waals surface area (Å²) in [5, 5.41) is 4.63. The monoisotopic (exact) mass is 476 g/mol. The van der Waals surface area contributed by atoms with Crippen molar-refractivity contribution in [3.8, 4) is 0 Å². The van der Waals surface area contributed by atoms with E-state index in [1.54, 1.807) is 30.3 Å². The Bertz CT molecular complexity index is 1140. The zero-order valence-electron chi connectivity index (χ0n) is 20.0. The zero-order valence-corrected chi connectivity index (χ0v) is 20.0. The standard InChI is InChI=1S/C26H32N6O3/c1-2-11-32(35-17-18-3-7-22(27)8-4-18)26(34)21-14-19-5-6-20(15-23(19)30-24(28)16-21)25(33)31-12-9-29-10-13-31/h3-8,14-15,29H,2,9-13,16-17,27H2,1H3,(H2,28,30). The van der Waals surface area contributed by atoms with Gasteiger partial charge >= 0.3 is 0 Å². The van der Waals surface area contributed by atoms with Crippen LogP contribution in [0.3, 0.4) is 0 Å². The van der Waals surface area contributed by atoms with Crippen molar-refractivity contribution in [3.63, 3.8) is 0 Å². The van der Waals surface area contributed by atoms with E-state index >= 15 is 0 Å². The lowest BCUT2D eigenvalue weighted by Gasteiger charge is -2.27. The Morgan fingerprint density at radius 2 is 1.86 bits per heavy atom. The fourth-order valence-electron chi connectivity index (χ4n) is 4.07. The number of anilines is 1. The molecule has 0 radical (unpaired) electrons. The number of amides is 2. The predicted octanol–water partition coefficient (Wildman–Crippen LogP) is 2.46. The molecule has 2 heterocycles. The van der Waals surface area contributed by atoms with Crippen LogP contribution in [0.4, 0.5) is 11.4 Å². The Morgan fingerprint density at radius 1 is 1.11 bits per heavy atom. The molecule has 184 valence electrons. The summed E-state index contributed by atoms with van der Waals surface area (Å²) in [7, 11) is 0. The first-order valence-corrected chi connectivity index (χ1v) is 11.9. The molecule has 2 aromatic rings. The van der Waals surface area contributed by atoms with Crippen LogP contribution in [-0.2, 0) is 16.2 Å². The molecule has 2 amide bonds. The summed E-state index contributed by atoms with van der Waals surface area (Å²) < 4.78 is 0. The van der Waals surface area contributed by atoms with Gasteiger partial charge in [-0.3, -0.25) is 14.4 Å². The zero-order chi connectivity index (χ0) is 24.8. The number of amidine groups is 1. The highest BCUT2D eigenvalue weighted by atomic mass is 16.7. The van der Waals surface area contributed by atoms with Crippen molar-refractivity contribution in [2.45, 2.75) is 26.4 Å². The fourth-order valence-corrected chi connectivity index (χ4v) is 4.07. The summed E-state index contributed by atoms with van der Waals surface area (Å²) in [5.41, 5.74) is 15.9. The molecule has 9 nitrogen and oxygen atoms in total. The van der Waals surface area contributed by atoms with Gasteiger partial charge in [-0.25, -0.2) is 10.1 Å². The van der Waals surface area contributed by atoms with E-state index < -0.39 is 0 Å². The largest absolute Gasteiger partial charge is 0.399 e. The van der Waals surface area contributed by atoms with E-state index in [-0.39, 0.29) is 24.8 Å². The highest BCUT2D eigenvalue weighted by molar-refractivity contribution is 6.05. The van der Waals surface area contributed by atoms with Crippen molar-refractivity contribution in [2.75, 3.05) is 38.5 Å². The maximum absolute atomic E-state index is 13.4. The second kappa shape index (κ2) is 11.2. The molecular weight excluding hydrogens is 444 g/mol. The van der Waals surface area contributed by atoms with Crippen LogP contribution in [0.1, 0.15) is 41.3 Å². The van der Waals surface area contributed by atoms with Crippen LogP contribution >= 0.6 is 0 Å². The SMILES string of the molecule is CCCN(OCc1ccc(N)cc1)C(=O)C1=Cc2ccc(C(=O)N3CCNCC3)cc2N=C(N)C1. The average Bonchev–Trinajstić information content (AvgIpc) is 3.04. The minimum absolute atomic E-state index is 0.0298. The van der Waals surface area contributed by atoms with Crippen LogP contribution in [0, 0.1) is 0 Å². The lowest BCUT2D eigenvalue weighted by molar-refractivity contribution is -0.187. The van der Waals surface area contributed by atoms with Crippen LogP contribution < -0.4 is 16.8 Å². The van der Waals surface area contributed by atoms with E-state index in [2.05, 4.69) is 10.3 Å². The molecule has 0 unspecified atom stereocenters. The summed E-state index contributed by atoms with van der Waals surface area (Å²) in [6.07, 6.45) is 2.72. The molecule has 2 aliphatic heterocycles. The normalized spacial score (nSPS) is 15.5. The molecule has 35 heavy (non-hydrogen) atoms. The third-order valence-electron chi connectivity index (χ3n) is 5.94. The maximum atomic E-state index is 13.4. The van der Waals surface area contributed by atoms with Crippen LogP contribution in [-0.4, -0.2) is 60.3 Å². The van der Waals surface area contributed by atoms with Gasteiger partial charge in [-0.05, 0) is 42.3 Å². The van der Waals surface area contributed by atoms with E-state index in [9.17, 15) is 9.59 Å². The van der Waals surface area contributed by atoms with Crippen molar-refractivity contribution in [1.82, 2.24) is 15.3 Å². The molecule has 0 aliphatic carbocycles. The highest BCUT2D eigenvalue weighted by Crippen LogP contribution is 2.29. The lowest BCUT2D eigenvalue weighted by atomic mass is 10.0. The minimum Gasteiger partial charge on any atom is -0.399 e. The number of fused-ring (bicyclic) bond motifs is 1. The molecule has 0 aromatic heterocycles. The van der Waals surface area contributed by atoms with Gasteiger partial charge in [0.05, 0.1) is 5.69 Å². The minimum atomic E-state index is -0.255. The van der Waals surface area contributed by atoms with Gasteiger partial charge in [0.25, 0.3) is 11.8 Å². The first-order chi connectivity index (χ1) is 16.9. The molecular formula is C26H32N6O3. The van der Waals surface area contributed by atoms with Gasteiger partial charge in [0.1, 0.15) is 12.4 Å². The number of rotatable bonds is 7. The van der Waals surface area contributed by atoms with Crippen molar-refractivity contribution < 1.29 is 14.4 Å². The molecule has 4 rings (SSSR count). The number of hydrogen-bond donors (Lipinski definition) is 3. The second-order valence-corrected chi connectivity index (χ2v) is 8.69. The second-order valence-electron chi connectivity index (χ2n) is 8.69. The van der Waals surface area contributed by atoms with Crippen LogP contribution in [0.25, 0.3) is 6.08 Å². The number of hydrogen-bond acceptors (Lipinski definition) is 7. The molecule has 0 saturated carbocycles. The Balaban J connectivity index is 1.53. The first kappa shape index (κ1) is 24.4. The quantitative estimate of drug-likeness (QED) is 0.416.